The number of likely N-dealkylation sites (tertiary alicyclic amines) is 1. The van der Waals surface area contributed by atoms with Crippen LogP contribution in [0.1, 0.15) is 11.8 Å². The van der Waals surface area contributed by atoms with Gasteiger partial charge in [-0.05, 0) is 11.8 Å². The van der Waals surface area contributed by atoms with E-state index in [0.717, 1.165) is 19.6 Å². The van der Waals surface area contributed by atoms with Gasteiger partial charge >= 0.3 is 0 Å². The molecule has 2 heterocycles. The number of aromatic nitrogens is 1. The minimum atomic E-state index is 0. The molecule has 0 bridgehead atoms. The Morgan fingerprint density at radius 3 is 2.88 bits per heavy atom. The molecule has 1 aromatic rings. The maximum Gasteiger partial charge on any atom is 0.180 e. The molecule has 2 rings (SSSR count). The van der Waals surface area contributed by atoms with Crippen molar-refractivity contribution < 1.29 is 5.11 Å². The van der Waals surface area contributed by atoms with E-state index in [-0.39, 0.29) is 12.4 Å². The van der Waals surface area contributed by atoms with Gasteiger partial charge in [0.05, 0.1) is 0 Å². The summed E-state index contributed by atoms with van der Waals surface area (Å²) in [4.78, 5) is 7.60. The normalized spacial score (nSPS) is 25.6. The Hall–Kier alpha value is -0.360. The number of thiazole rings is 1. The Kier molecular flexibility index (Phi) is 4.98. The number of nitrogen functional groups attached to an aromatic ring is 1. The van der Waals surface area contributed by atoms with E-state index in [4.69, 9.17) is 10.8 Å². The van der Waals surface area contributed by atoms with Gasteiger partial charge in [-0.2, -0.15) is 0 Å². The molecule has 1 fully saturated rings. The maximum atomic E-state index is 9.17. The van der Waals surface area contributed by atoms with Gasteiger partial charge in [-0.25, -0.2) is 4.98 Å². The summed E-state index contributed by atoms with van der Waals surface area (Å²) >= 11 is 1.55. The number of hydrogen-bond acceptors (Lipinski definition) is 5. The molecular formula is C10H18ClN3OS. The molecule has 0 amide bonds. The lowest BCUT2D eigenvalue weighted by atomic mass is 10.00. The molecule has 0 aliphatic carbocycles. The van der Waals surface area contributed by atoms with E-state index in [1.54, 1.807) is 11.3 Å². The fourth-order valence-corrected chi connectivity index (χ4v) is 2.85. The Bertz CT molecular complexity index is 334. The topological polar surface area (TPSA) is 62.4 Å². The fraction of sp³-hybridized carbons (Fsp3) is 0.700. The molecule has 0 radical (unpaired) electrons. The first-order valence-electron chi connectivity index (χ1n) is 5.22. The number of hydrogen-bond donors (Lipinski definition) is 2. The lowest BCUT2D eigenvalue weighted by molar-refractivity contribution is 0.204. The van der Waals surface area contributed by atoms with Gasteiger partial charge in [-0.15, -0.1) is 23.7 Å². The number of aliphatic hydroxyl groups is 1. The molecule has 0 aromatic carbocycles. The maximum absolute atomic E-state index is 9.17. The number of anilines is 1. The second kappa shape index (κ2) is 5.82. The monoisotopic (exact) mass is 263 g/mol. The molecule has 92 valence electrons. The Labute approximate surface area is 106 Å². The summed E-state index contributed by atoms with van der Waals surface area (Å²) in [6, 6.07) is 0. The minimum Gasteiger partial charge on any atom is -0.396 e. The van der Waals surface area contributed by atoms with Gasteiger partial charge in [-0.1, -0.05) is 6.92 Å². The van der Waals surface area contributed by atoms with E-state index < -0.39 is 0 Å². The Morgan fingerprint density at radius 2 is 2.38 bits per heavy atom. The number of halogens is 1. The average Bonchev–Trinajstić information content (AvgIpc) is 2.73. The van der Waals surface area contributed by atoms with E-state index >= 15 is 0 Å². The second-order valence-electron chi connectivity index (χ2n) is 4.28. The van der Waals surface area contributed by atoms with Gasteiger partial charge in [0.2, 0.25) is 0 Å². The highest BCUT2D eigenvalue weighted by Crippen LogP contribution is 2.25. The predicted octanol–water partition coefficient (Wildman–Crippen LogP) is 1.21. The van der Waals surface area contributed by atoms with Crippen LogP contribution >= 0.6 is 23.7 Å². The predicted molar refractivity (Wildman–Crippen MR) is 68.8 cm³/mol. The molecule has 1 saturated heterocycles. The molecule has 2 atom stereocenters. The molecule has 3 N–H and O–H groups in total. The van der Waals surface area contributed by atoms with Crippen LogP contribution < -0.4 is 5.73 Å². The zero-order chi connectivity index (χ0) is 10.8. The molecule has 0 spiro atoms. The summed E-state index contributed by atoms with van der Waals surface area (Å²) in [5.41, 5.74) is 5.58. The van der Waals surface area contributed by atoms with Gasteiger partial charge in [-0.3, -0.25) is 4.90 Å². The second-order valence-corrected chi connectivity index (χ2v) is 5.43. The summed E-state index contributed by atoms with van der Waals surface area (Å²) in [6.07, 6.45) is 1.84. The van der Waals surface area contributed by atoms with Crippen molar-refractivity contribution in [2.24, 2.45) is 11.8 Å². The lowest BCUT2D eigenvalue weighted by Crippen LogP contribution is -2.20. The van der Waals surface area contributed by atoms with Crippen molar-refractivity contribution in [3.63, 3.8) is 0 Å². The van der Waals surface area contributed by atoms with Crippen molar-refractivity contribution in [3.8, 4) is 0 Å². The average molecular weight is 264 g/mol. The summed E-state index contributed by atoms with van der Waals surface area (Å²) in [5, 5.41) is 9.80. The summed E-state index contributed by atoms with van der Waals surface area (Å²) in [7, 11) is 0. The van der Waals surface area contributed by atoms with Crippen LogP contribution in [0.25, 0.3) is 0 Å². The third-order valence-electron chi connectivity index (χ3n) is 3.03. The SMILES string of the molecule is C[C@@H]1CN(Cc2cnc(N)s2)C[C@H]1CO.Cl. The first-order valence-corrected chi connectivity index (χ1v) is 6.04. The van der Waals surface area contributed by atoms with Crippen LogP contribution in [-0.4, -0.2) is 34.7 Å². The van der Waals surface area contributed by atoms with E-state index in [2.05, 4.69) is 16.8 Å². The first kappa shape index (κ1) is 13.7. The number of aliphatic hydroxyl groups excluding tert-OH is 1. The molecule has 0 unspecified atom stereocenters. The van der Waals surface area contributed by atoms with Crippen LogP contribution in [0.5, 0.6) is 0 Å². The van der Waals surface area contributed by atoms with Crippen LogP contribution in [-0.2, 0) is 6.54 Å². The number of nitrogens with two attached hydrogens (primary N) is 1. The van der Waals surface area contributed by atoms with Crippen LogP contribution in [0.3, 0.4) is 0 Å². The smallest absolute Gasteiger partial charge is 0.180 e. The Morgan fingerprint density at radius 1 is 1.62 bits per heavy atom. The third kappa shape index (κ3) is 3.07. The lowest BCUT2D eigenvalue weighted by Gasteiger charge is -2.13. The quantitative estimate of drug-likeness (QED) is 0.861. The van der Waals surface area contributed by atoms with E-state index in [9.17, 15) is 0 Å². The summed E-state index contributed by atoms with van der Waals surface area (Å²) in [5.74, 6) is 1.01. The van der Waals surface area contributed by atoms with Gasteiger partial charge < -0.3 is 10.8 Å². The van der Waals surface area contributed by atoms with Crippen LogP contribution in [0.2, 0.25) is 0 Å². The van der Waals surface area contributed by atoms with Gasteiger partial charge in [0.25, 0.3) is 0 Å². The molecule has 4 nitrogen and oxygen atoms in total. The third-order valence-corrected chi connectivity index (χ3v) is 3.84. The standard InChI is InChI=1S/C10H17N3OS.ClH/c1-7-3-13(4-8(7)6-14)5-9-2-12-10(11)15-9;/h2,7-8,14H,3-6H2,1H3,(H2,11,12);1H/t7-,8+;/m1./s1. The zero-order valence-corrected chi connectivity index (χ0v) is 10.9. The van der Waals surface area contributed by atoms with Crippen molar-refractivity contribution in [3.05, 3.63) is 11.1 Å². The van der Waals surface area contributed by atoms with E-state index in [0.29, 0.717) is 23.6 Å². The molecule has 1 aromatic heterocycles. The summed E-state index contributed by atoms with van der Waals surface area (Å²) in [6.45, 7) is 5.44. The van der Waals surface area contributed by atoms with E-state index in [1.807, 2.05) is 6.20 Å². The zero-order valence-electron chi connectivity index (χ0n) is 9.30. The van der Waals surface area contributed by atoms with Crippen molar-refractivity contribution in [2.45, 2.75) is 13.5 Å². The highest BCUT2D eigenvalue weighted by molar-refractivity contribution is 7.15. The molecule has 1 aliphatic rings. The number of rotatable bonds is 3. The van der Waals surface area contributed by atoms with Crippen molar-refractivity contribution >= 4 is 28.9 Å². The van der Waals surface area contributed by atoms with Crippen molar-refractivity contribution in [2.75, 3.05) is 25.4 Å². The van der Waals surface area contributed by atoms with Crippen molar-refractivity contribution in [1.82, 2.24) is 9.88 Å². The first-order chi connectivity index (χ1) is 7.19. The minimum absolute atomic E-state index is 0. The Balaban J connectivity index is 0.00000128. The van der Waals surface area contributed by atoms with Crippen LogP contribution in [0, 0.1) is 11.8 Å². The highest BCUT2D eigenvalue weighted by Gasteiger charge is 2.28. The molecular weight excluding hydrogens is 246 g/mol. The van der Waals surface area contributed by atoms with Gasteiger partial charge in [0, 0.05) is 37.3 Å². The largest absolute Gasteiger partial charge is 0.396 e. The van der Waals surface area contributed by atoms with Gasteiger partial charge in [0.15, 0.2) is 5.13 Å². The fourth-order valence-electron chi connectivity index (χ4n) is 2.13. The van der Waals surface area contributed by atoms with Crippen LogP contribution in [0.15, 0.2) is 6.20 Å². The van der Waals surface area contributed by atoms with Crippen molar-refractivity contribution in [1.29, 1.82) is 0 Å². The molecule has 1 aliphatic heterocycles. The molecule has 6 heteroatoms. The van der Waals surface area contributed by atoms with Gasteiger partial charge in [0.1, 0.15) is 0 Å². The molecule has 0 saturated carbocycles. The van der Waals surface area contributed by atoms with E-state index in [1.165, 1.54) is 4.88 Å². The highest BCUT2D eigenvalue weighted by atomic mass is 35.5. The summed E-state index contributed by atoms with van der Waals surface area (Å²) < 4.78 is 0. The van der Waals surface area contributed by atoms with Crippen LogP contribution in [0.4, 0.5) is 5.13 Å². The molecule has 16 heavy (non-hydrogen) atoms. The number of nitrogens with zero attached hydrogens (tertiary/aromatic N) is 2.